The highest BCUT2D eigenvalue weighted by Gasteiger charge is 2.24. The number of hydrogen-bond acceptors (Lipinski definition) is 4. The number of ether oxygens (including phenoxy) is 1. The molecule has 1 aliphatic heterocycles. The summed E-state index contributed by atoms with van der Waals surface area (Å²) >= 11 is 0. The molecule has 1 atom stereocenters. The van der Waals surface area contributed by atoms with Crippen LogP contribution in [0.25, 0.3) is 0 Å². The van der Waals surface area contributed by atoms with Crippen molar-refractivity contribution in [3.8, 4) is 0 Å². The van der Waals surface area contributed by atoms with Crippen molar-refractivity contribution in [2.45, 2.75) is 13.3 Å². The predicted octanol–water partition coefficient (Wildman–Crippen LogP) is 0.782. The second kappa shape index (κ2) is 8.55. The molecule has 0 aliphatic carbocycles. The van der Waals surface area contributed by atoms with E-state index < -0.39 is 10.0 Å². The highest BCUT2D eigenvalue weighted by atomic mass is 32.2. The van der Waals surface area contributed by atoms with Crippen molar-refractivity contribution in [2.24, 2.45) is 5.92 Å². The summed E-state index contributed by atoms with van der Waals surface area (Å²) in [5.41, 5.74) is 0.861. The van der Waals surface area contributed by atoms with Gasteiger partial charge in [0.2, 0.25) is 15.9 Å². The molecule has 1 heterocycles. The molecule has 1 saturated heterocycles. The lowest BCUT2D eigenvalue weighted by Crippen LogP contribution is -2.44. The number of benzene rings is 1. The fourth-order valence-corrected chi connectivity index (χ4v) is 3.82. The number of nitrogens with one attached hydrogen (secondary N) is 1. The van der Waals surface area contributed by atoms with E-state index in [1.165, 1.54) is 16.4 Å². The molecule has 1 aromatic carbocycles. The van der Waals surface area contributed by atoms with Crippen molar-refractivity contribution in [2.75, 3.05) is 38.6 Å². The minimum atomic E-state index is -3.37. The number of nitrogens with zero attached hydrogens (tertiary/aromatic N) is 1. The van der Waals surface area contributed by atoms with Crippen molar-refractivity contribution in [1.82, 2.24) is 9.62 Å². The minimum absolute atomic E-state index is 0.0757. The molecule has 24 heavy (non-hydrogen) atoms. The SMILES string of the molecule is CC(Cc1ccc(F)cc1)C(=O)NCCS(=O)(=O)N1CCOCC1. The van der Waals surface area contributed by atoms with Gasteiger partial charge in [-0.3, -0.25) is 4.79 Å². The standard InChI is InChI=1S/C16H23FN2O4S/c1-13(12-14-2-4-15(17)5-3-14)16(20)18-6-11-24(21,22)19-7-9-23-10-8-19/h2-5,13H,6-12H2,1H3,(H,18,20). The maximum atomic E-state index is 12.9. The van der Waals surface area contributed by atoms with Crippen LogP contribution >= 0.6 is 0 Å². The van der Waals surface area contributed by atoms with E-state index in [-0.39, 0.29) is 29.9 Å². The van der Waals surface area contributed by atoms with Crippen molar-refractivity contribution in [3.63, 3.8) is 0 Å². The molecule has 2 rings (SSSR count). The summed E-state index contributed by atoms with van der Waals surface area (Å²) in [6.07, 6.45) is 0.475. The average molecular weight is 358 g/mol. The van der Waals surface area contributed by atoms with Gasteiger partial charge in [-0.15, -0.1) is 0 Å². The van der Waals surface area contributed by atoms with Crippen LogP contribution in [-0.2, 0) is 26.0 Å². The van der Waals surface area contributed by atoms with Crippen LogP contribution < -0.4 is 5.32 Å². The molecule has 8 heteroatoms. The third kappa shape index (κ3) is 5.54. The van der Waals surface area contributed by atoms with Gasteiger partial charge in [-0.1, -0.05) is 19.1 Å². The molecule has 1 aliphatic rings. The van der Waals surface area contributed by atoms with Crippen LogP contribution in [0.15, 0.2) is 24.3 Å². The highest BCUT2D eigenvalue weighted by Crippen LogP contribution is 2.10. The second-order valence-corrected chi connectivity index (χ2v) is 7.94. The van der Waals surface area contributed by atoms with E-state index in [2.05, 4.69) is 5.32 Å². The first kappa shape index (κ1) is 18.8. The summed E-state index contributed by atoms with van der Waals surface area (Å²) in [5, 5.41) is 2.66. The van der Waals surface area contributed by atoms with Gasteiger partial charge in [0, 0.05) is 25.6 Å². The zero-order valence-electron chi connectivity index (χ0n) is 13.7. The van der Waals surface area contributed by atoms with Gasteiger partial charge >= 0.3 is 0 Å². The summed E-state index contributed by atoms with van der Waals surface area (Å²) in [4.78, 5) is 12.1. The van der Waals surface area contributed by atoms with Gasteiger partial charge in [0.1, 0.15) is 5.82 Å². The Bertz CT molecular complexity index is 643. The fourth-order valence-electron chi connectivity index (χ4n) is 2.50. The molecule has 1 fully saturated rings. The van der Waals surface area contributed by atoms with Crippen molar-refractivity contribution in [1.29, 1.82) is 0 Å². The summed E-state index contributed by atoms with van der Waals surface area (Å²) < 4.78 is 43.7. The predicted molar refractivity (Wildman–Crippen MR) is 88.5 cm³/mol. The Morgan fingerprint density at radius 1 is 1.29 bits per heavy atom. The van der Waals surface area contributed by atoms with Gasteiger partial charge in [0.15, 0.2) is 0 Å². The van der Waals surface area contributed by atoms with Crippen LogP contribution in [0.2, 0.25) is 0 Å². The van der Waals surface area contributed by atoms with Crippen LogP contribution in [0.3, 0.4) is 0 Å². The van der Waals surface area contributed by atoms with Crippen LogP contribution in [0.1, 0.15) is 12.5 Å². The molecule has 0 aromatic heterocycles. The lowest BCUT2D eigenvalue weighted by molar-refractivity contribution is -0.124. The molecule has 0 saturated carbocycles. The van der Waals surface area contributed by atoms with Crippen LogP contribution in [0.4, 0.5) is 4.39 Å². The Hall–Kier alpha value is -1.51. The number of carbonyl (C=O) groups excluding carboxylic acids is 1. The average Bonchev–Trinajstić information content (AvgIpc) is 2.57. The van der Waals surface area contributed by atoms with E-state index in [1.807, 2.05) is 0 Å². The number of hydrogen-bond donors (Lipinski definition) is 1. The Balaban J connectivity index is 1.76. The van der Waals surface area contributed by atoms with E-state index in [9.17, 15) is 17.6 Å². The summed E-state index contributed by atoms with van der Waals surface area (Å²) in [6.45, 7) is 3.36. The monoisotopic (exact) mass is 358 g/mol. The van der Waals surface area contributed by atoms with Gasteiger partial charge < -0.3 is 10.1 Å². The van der Waals surface area contributed by atoms with Gasteiger partial charge in [0.05, 0.1) is 19.0 Å². The molecular formula is C16H23FN2O4S. The van der Waals surface area contributed by atoms with Crippen molar-refractivity contribution in [3.05, 3.63) is 35.6 Å². The lowest BCUT2D eigenvalue weighted by atomic mass is 10.0. The van der Waals surface area contributed by atoms with Crippen LogP contribution in [-0.4, -0.2) is 57.2 Å². The van der Waals surface area contributed by atoms with Gasteiger partial charge in [-0.05, 0) is 24.1 Å². The number of amides is 1. The minimum Gasteiger partial charge on any atom is -0.379 e. The maximum absolute atomic E-state index is 12.9. The number of sulfonamides is 1. The molecule has 6 nitrogen and oxygen atoms in total. The highest BCUT2D eigenvalue weighted by molar-refractivity contribution is 7.89. The van der Waals surface area contributed by atoms with E-state index in [0.29, 0.717) is 32.7 Å². The van der Waals surface area contributed by atoms with Gasteiger partial charge in [-0.25, -0.2) is 12.8 Å². The summed E-state index contributed by atoms with van der Waals surface area (Å²) in [7, 11) is -3.37. The Morgan fingerprint density at radius 2 is 1.92 bits per heavy atom. The molecule has 134 valence electrons. The number of halogens is 1. The number of carbonyl (C=O) groups is 1. The normalized spacial score (nSPS) is 17.4. The molecule has 0 radical (unpaired) electrons. The first-order chi connectivity index (χ1) is 11.4. The van der Waals surface area contributed by atoms with E-state index in [1.54, 1.807) is 19.1 Å². The number of morpholine rings is 1. The summed E-state index contributed by atoms with van der Waals surface area (Å²) in [6, 6.07) is 5.99. The Kier molecular flexibility index (Phi) is 6.70. The zero-order valence-corrected chi connectivity index (χ0v) is 14.5. The quantitative estimate of drug-likeness (QED) is 0.782. The van der Waals surface area contributed by atoms with E-state index in [4.69, 9.17) is 4.74 Å². The van der Waals surface area contributed by atoms with Crippen LogP contribution in [0.5, 0.6) is 0 Å². The molecule has 1 N–H and O–H groups in total. The molecule has 0 spiro atoms. The Morgan fingerprint density at radius 3 is 2.54 bits per heavy atom. The zero-order chi connectivity index (χ0) is 17.6. The maximum Gasteiger partial charge on any atom is 0.223 e. The Labute approximate surface area is 142 Å². The topological polar surface area (TPSA) is 75.7 Å². The molecule has 1 unspecified atom stereocenters. The second-order valence-electron chi connectivity index (χ2n) is 5.85. The molecular weight excluding hydrogens is 335 g/mol. The lowest BCUT2D eigenvalue weighted by Gasteiger charge is -2.26. The van der Waals surface area contributed by atoms with Gasteiger partial charge in [0.25, 0.3) is 0 Å². The molecule has 0 bridgehead atoms. The van der Waals surface area contributed by atoms with Crippen molar-refractivity contribution < 1.29 is 22.3 Å². The first-order valence-corrected chi connectivity index (χ1v) is 9.57. The first-order valence-electron chi connectivity index (χ1n) is 7.96. The summed E-state index contributed by atoms with van der Waals surface area (Å²) in [5.74, 6) is -0.968. The van der Waals surface area contributed by atoms with E-state index >= 15 is 0 Å². The van der Waals surface area contributed by atoms with Crippen LogP contribution in [0, 0.1) is 11.7 Å². The third-order valence-corrected chi connectivity index (χ3v) is 5.80. The third-order valence-electron chi connectivity index (χ3n) is 3.93. The van der Waals surface area contributed by atoms with Gasteiger partial charge in [-0.2, -0.15) is 4.31 Å². The number of rotatable bonds is 7. The fraction of sp³-hybridized carbons (Fsp3) is 0.562. The molecule has 1 aromatic rings. The molecule has 1 amide bonds. The largest absolute Gasteiger partial charge is 0.379 e. The van der Waals surface area contributed by atoms with E-state index in [0.717, 1.165) is 5.56 Å². The smallest absolute Gasteiger partial charge is 0.223 e. The van der Waals surface area contributed by atoms with Crippen molar-refractivity contribution >= 4 is 15.9 Å².